The summed E-state index contributed by atoms with van der Waals surface area (Å²) in [7, 11) is 0. The Balaban J connectivity index is 1.67. The van der Waals surface area contributed by atoms with E-state index >= 15 is 0 Å². The van der Waals surface area contributed by atoms with Gasteiger partial charge in [-0.15, -0.1) is 0 Å². The summed E-state index contributed by atoms with van der Waals surface area (Å²) < 4.78 is 12.2. The van der Waals surface area contributed by atoms with E-state index in [1.807, 2.05) is 48.5 Å². The highest BCUT2D eigenvalue weighted by Gasteiger charge is 1.98. The third kappa shape index (κ3) is 4.58. The zero-order valence-electron chi connectivity index (χ0n) is 10.5. The zero-order chi connectivity index (χ0) is 13.5. The lowest BCUT2D eigenvalue weighted by Gasteiger charge is -2.08. The molecule has 2 rings (SSSR count). The van der Waals surface area contributed by atoms with E-state index in [2.05, 4.69) is 15.9 Å². The van der Waals surface area contributed by atoms with E-state index < -0.39 is 0 Å². The van der Waals surface area contributed by atoms with Crippen LogP contribution in [0.1, 0.15) is 5.56 Å². The molecule has 2 N–H and O–H groups in total. The average Bonchev–Trinajstić information content (AvgIpc) is 2.42. The Morgan fingerprint density at radius 1 is 0.947 bits per heavy atom. The predicted octanol–water partition coefficient (Wildman–Crippen LogP) is 3.63. The lowest BCUT2D eigenvalue weighted by atomic mass is 10.2. The summed E-state index contributed by atoms with van der Waals surface area (Å²) >= 11 is 3.49. The number of nitrogen functional groups attached to an aromatic ring is 1. The van der Waals surface area contributed by atoms with E-state index in [0.717, 1.165) is 21.5 Å². The molecule has 0 heterocycles. The molecular formula is C15H16BrNO2. The summed E-state index contributed by atoms with van der Waals surface area (Å²) in [6.07, 6.45) is 0. The molecule has 0 fully saturated rings. The van der Waals surface area contributed by atoms with Crippen LogP contribution >= 0.6 is 15.9 Å². The molecule has 0 aliphatic carbocycles. The lowest BCUT2D eigenvalue weighted by Crippen LogP contribution is -2.06. The minimum absolute atomic E-state index is 0.522. The zero-order valence-corrected chi connectivity index (χ0v) is 12.1. The van der Waals surface area contributed by atoms with E-state index in [1.165, 1.54) is 0 Å². The van der Waals surface area contributed by atoms with Gasteiger partial charge in [0.2, 0.25) is 0 Å². The molecule has 19 heavy (non-hydrogen) atoms. The second-order valence-electron chi connectivity index (χ2n) is 4.06. The van der Waals surface area contributed by atoms with Crippen molar-refractivity contribution in [3.05, 3.63) is 58.6 Å². The maximum atomic E-state index is 5.60. The van der Waals surface area contributed by atoms with Crippen molar-refractivity contribution in [1.82, 2.24) is 0 Å². The Hall–Kier alpha value is -1.52. The predicted molar refractivity (Wildman–Crippen MR) is 80.1 cm³/mol. The van der Waals surface area contributed by atoms with Gasteiger partial charge in [-0.1, -0.05) is 34.1 Å². The fraction of sp³-hybridized carbons (Fsp3) is 0.200. The minimum Gasteiger partial charge on any atom is -0.491 e. The molecule has 0 atom stereocenters. The van der Waals surface area contributed by atoms with Crippen LogP contribution in [0.5, 0.6) is 5.75 Å². The number of benzene rings is 2. The third-order valence-corrected chi connectivity index (χ3v) is 3.37. The van der Waals surface area contributed by atoms with Gasteiger partial charge in [0.1, 0.15) is 12.4 Å². The Labute approximate surface area is 121 Å². The normalized spacial score (nSPS) is 10.4. The number of rotatable bonds is 6. The van der Waals surface area contributed by atoms with Crippen molar-refractivity contribution < 1.29 is 9.47 Å². The summed E-state index contributed by atoms with van der Waals surface area (Å²) in [5.41, 5.74) is 7.46. The first-order chi connectivity index (χ1) is 9.25. The second kappa shape index (κ2) is 7.16. The van der Waals surface area contributed by atoms with Crippen molar-refractivity contribution in [3.8, 4) is 5.75 Å². The summed E-state index contributed by atoms with van der Waals surface area (Å²) in [6.45, 7) is 1.65. The fourth-order valence-electron chi connectivity index (χ4n) is 1.58. The van der Waals surface area contributed by atoms with Gasteiger partial charge in [0.05, 0.1) is 13.2 Å². The first-order valence-electron chi connectivity index (χ1n) is 6.05. The van der Waals surface area contributed by atoms with Gasteiger partial charge in [-0.25, -0.2) is 0 Å². The van der Waals surface area contributed by atoms with Crippen molar-refractivity contribution in [2.75, 3.05) is 18.9 Å². The quantitative estimate of drug-likeness (QED) is 0.652. The van der Waals surface area contributed by atoms with Crippen LogP contribution in [-0.4, -0.2) is 13.2 Å². The average molecular weight is 322 g/mol. The number of hydrogen-bond donors (Lipinski definition) is 1. The highest BCUT2D eigenvalue weighted by Crippen LogP contribution is 2.16. The maximum Gasteiger partial charge on any atom is 0.119 e. The Morgan fingerprint density at radius 3 is 2.42 bits per heavy atom. The Morgan fingerprint density at radius 2 is 1.68 bits per heavy atom. The molecule has 0 aliphatic rings. The third-order valence-electron chi connectivity index (χ3n) is 2.59. The van der Waals surface area contributed by atoms with E-state index in [4.69, 9.17) is 15.2 Å². The Bertz CT molecular complexity index is 514. The molecule has 4 heteroatoms. The molecular weight excluding hydrogens is 306 g/mol. The number of hydrogen-bond acceptors (Lipinski definition) is 3. The van der Waals surface area contributed by atoms with Crippen LogP contribution < -0.4 is 10.5 Å². The summed E-state index contributed by atoms with van der Waals surface area (Å²) in [6, 6.07) is 15.3. The van der Waals surface area contributed by atoms with Gasteiger partial charge in [0.15, 0.2) is 0 Å². The van der Waals surface area contributed by atoms with Gasteiger partial charge in [-0.2, -0.15) is 0 Å². The number of halogens is 1. The molecule has 0 spiro atoms. The van der Waals surface area contributed by atoms with Gasteiger partial charge in [0.25, 0.3) is 0 Å². The summed E-state index contributed by atoms with van der Waals surface area (Å²) in [5, 5.41) is 0. The van der Waals surface area contributed by atoms with Crippen LogP contribution in [0.3, 0.4) is 0 Å². The first-order valence-corrected chi connectivity index (χ1v) is 6.84. The molecule has 0 bridgehead atoms. The number of ether oxygens (including phenoxy) is 2. The van der Waals surface area contributed by atoms with Gasteiger partial charge in [-0.05, 0) is 35.9 Å². The van der Waals surface area contributed by atoms with Crippen molar-refractivity contribution in [2.24, 2.45) is 0 Å². The van der Waals surface area contributed by atoms with E-state index in [9.17, 15) is 0 Å². The molecule has 0 aliphatic heterocycles. The summed E-state index contributed by atoms with van der Waals surface area (Å²) in [4.78, 5) is 0. The van der Waals surface area contributed by atoms with Crippen LogP contribution in [0.15, 0.2) is 53.0 Å². The second-order valence-corrected chi connectivity index (χ2v) is 4.92. The van der Waals surface area contributed by atoms with Crippen LogP contribution in [-0.2, 0) is 11.3 Å². The maximum absolute atomic E-state index is 5.60. The van der Waals surface area contributed by atoms with E-state index in [0.29, 0.717) is 19.8 Å². The van der Waals surface area contributed by atoms with E-state index in [-0.39, 0.29) is 0 Å². The van der Waals surface area contributed by atoms with Crippen molar-refractivity contribution in [3.63, 3.8) is 0 Å². The molecule has 0 amide bonds. The highest BCUT2D eigenvalue weighted by molar-refractivity contribution is 9.10. The highest BCUT2D eigenvalue weighted by atomic mass is 79.9. The number of nitrogens with two attached hydrogens (primary N) is 1. The van der Waals surface area contributed by atoms with Crippen LogP contribution in [0, 0.1) is 0 Å². The molecule has 0 radical (unpaired) electrons. The van der Waals surface area contributed by atoms with Crippen LogP contribution in [0.4, 0.5) is 5.69 Å². The monoisotopic (exact) mass is 321 g/mol. The Kier molecular flexibility index (Phi) is 5.24. The lowest BCUT2D eigenvalue weighted by molar-refractivity contribution is 0.0886. The van der Waals surface area contributed by atoms with E-state index in [1.54, 1.807) is 0 Å². The minimum atomic E-state index is 0.522. The SMILES string of the molecule is Nc1ccc(OCCOCc2ccccc2Br)cc1. The topological polar surface area (TPSA) is 44.5 Å². The summed E-state index contributed by atoms with van der Waals surface area (Å²) in [5.74, 6) is 0.804. The molecule has 2 aromatic rings. The van der Waals surface area contributed by atoms with Crippen LogP contribution in [0.2, 0.25) is 0 Å². The van der Waals surface area contributed by atoms with Crippen molar-refractivity contribution in [2.45, 2.75) is 6.61 Å². The molecule has 0 saturated carbocycles. The largest absolute Gasteiger partial charge is 0.491 e. The first kappa shape index (κ1) is 13.9. The fourth-order valence-corrected chi connectivity index (χ4v) is 1.98. The number of anilines is 1. The van der Waals surface area contributed by atoms with Crippen LogP contribution in [0.25, 0.3) is 0 Å². The van der Waals surface area contributed by atoms with Gasteiger partial charge in [-0.3, -0.25) is 0 Å². The standard InChI is InChI=1S/C15H16BrNO2/c16-15-4-2-1-3-12(15)11-18-9-10-19-14-7-5-13(17)6-8-14/h1-8H,9-11,17H2. The molecule has 0 aromatic heterocycles. The van der Waals surface area contributed by atoms with Crippen molar-refractivity contribution >= 4 is 21.6 Å². The molecule has 0 unspecified atom stereocenters. The van der Waals surface area contributed by atoms with Gasteiger partial charge in [0, 0.05) is 10.2 Å². The van der Waals surface area contributed by atoms with Gasteiger partial charge >= 0.3 is 0 Å². The van der Waals surface area contributed by atoms with Gasteiger partial charge < -0.3 is 15.2 Å². The smallest absolute Gasteiger partial charge is 0.119 e. The molecule has 2 aromatic carbocycles. The molecule has 0 saturated heterocycles. The molecule has 3 nitrogen and oxygen atoms in total. The molecule has 100 valence electrons. The van der Waals surface area contributed by atoms with Crippen molar-refractivity contribution in [1.29, 1.82) is 0 Å².